The summed E-state index contributed by atoms with van der Waals surface area (Å²) in [5, 5.41) is 2.58. The minimum atomic E-state index is 0.206. The van der Waals surface area contributed by atoms with E-state index in [1.165, 1.54) is 83.1 Å². The Morgan fingerprint density at radius 1 is 0.429 bits per heavy atom. The molecule has 0 saturated heterocycles. The molecule has 0 radical (unpaired) electrons. The molecule has 0 saturated carbocycles. The van der Waals surface area contributed by atoms with Crippen molar-refractivity contribution in [2.75, 3.05) is 0 Å². The van der Waals surface area contributed by atoms with E-state index in [1.54, 1.807) is 0 Å². The van der Waals surface area contributed by atoms with Gasteiger partial charge < -0.3 is 0 Å². The van der Waals surface area contributed by atoms with Crippen molar-refractivity contribution in [1.82, 2.24) is 0 Å². The first-order valence-electron chi connectivity index (χ1n) is 14.9. The molecule has 42 heavy (non-hydrogen) atoms. The van der Waals surface area contributed by atoms with Crippen LogP contribution in [0.4, 0.5) is 0 Å². The van der Waals surface area contributed by atoms with Crippen LogP contribution < -0.4 is 0 Å². The highest BCUT2D eigenvalue weighted by molar-refractivity contribution is 5.99. The van der Waals surface area contributed by atoms with Crippen molar-refractivity contribution in [2.45, 2.75) is 12.3 Å². The lowest BCUT2D eigenvalue weighted by Crippen LogP contribution is -2.01. The Balaban J connectivity index is 1.23. The second kappa shape index (κ2) is 9.16. The maximum atomic E-state index is 2.46. The summed E-state index contributed by atoms with van der Waals surface area (Å²) in [7, 11) is 0. The van der Waals surface area contributed by atoms with Crippen LogP contribution in [-0.2, 0) is 6.42 Å². The molecule has 7 aromatic rings. The lowest BCUT2D eigenvalue weighted by atomic mass is 9.84. The second-order valence-corrected chi connectivity index (χ2v) is 11.6. The Morgan fingerprint density at radius 3 is 2.00 bits per heavy atom. The molecular formula is C42H28. The minimum Gasteiger partial charge on any atom is -0.0622 e. The monoisotopic (exact) mass is 532 g/mol. The van der Waals surface area contributed by atoms with E-state index in [4.69, 9.17) is 0 Å². The molecule has 2 aliphatic carbocycles. The van der Waals surface area contributed by atoms with E-state index in [0.717, 1.165) is 6.42 Å². The highest BCUT2D eigenvalue weighted by Gasteiger charge is 2.34. The van der Waals surface area contributed by atoms with Gasteiger partial charge in [0.15, 0.2) is 0 Å². The number of fused-ring (bicyclic) bond motifs is 8. The number of rotatable bonds is 3. The van der Waals surface area contributed by atoms with E-state index in [2.05, 4.69) is 152 Å². The lowest BCUT2D eigenvalue weighted by Gasteiger charge is -2.19. The lowest BCUT2D eigenvalue weighted by molar-refractivity contribution is 1.02. The predicted octanol–water partition coefficient (Wildman–Crippen LogP) is 10.9. The quantitative estimate of drug-likeness (QED) is 0.212. The molecule has 0 amide bonds. The average molecular weight is 533 g/mol. The van der Waals surface area contributed by atoms with Crippen molar-refractivity contribution in [2.24, 2.45) is 0 Å². The van der Waals surface area contributed by atoms with Gasteiger partial charge in [-0.3, -0.25) is 0 Å². The van der Waals surface area contributed by atoms with Crippen LogP contribution in [0.25, 0.3) is 55.3 Å². The van der Waals surface area contributed by atoms with Gasteiger partial charge in [0.2, 0.25) is 0 Å². The zero-order valence-electron chi connectivity index (χ0n) is 23.2. The van der Waals surface area contributed by atoms with Crippen molar-refractivity contribution in [1.29, 1.82) is 0 Å². The molecule has 2 aliphatic rings. The Bertz CT molecular complexity index is 2150. The van der Waals surface area contributed by atoms with Crippen molar-refractivity contribution >= 4 is 10.8 Å². The van der Waals surface area contributed by atoms with E-state index in [-0.39, 0.29) is 5.92 Å². The number of benzene rings is 7. The van der Waals surface area contributed by atoms with Crippen LogP contribution in [0.5, 0.6) is 0 Å². The molecule has 0 nitrogen and oxygen atoms in total. The molecular weight excluding hydrogens is 504 g/mol. The van der Waals surface area contributed by atoms with Gasteiger partial charge in [-0.1, -0.05) is 146 Å². The van der Waals surface area contributed by atoms with Gasteiger partial charge in [0.1, 0.15) is 0 Å². The number of hydrogen-bond donors (Lipinski definition) is 0. The van der Waals surface area contributed by atoms with Crippen molar-refractivity contribution in [3.63, 3.8) is 0 Å². The van der Waals surface area contributed by atoms with Crippen molar-refractivity contribution in [3.05, 3.63) is 179 Å². The van der Waals surface area contributed by atoms with E-state index in [9.17, 15) is 0 Å². The van der Waals surface area contributed by atoms with Crippen LogP contribution in [-0.4, -0.2) is 0 Å². The van der Waals surface area contributed by atoms with E-state index in [1.807, 2.05) is 0 Å². The fourth-order valence-corrected chi connectivity index (χ4v) is 7.50. The van der Waals surface area contributed by atoms with Gasteiger partial charge in [-0.05, 0) is 95.6 Å². The average Bonchev–Trinajstić information content (AvgIpc) is 3.60. The largest absolute Gasteiger partial charge is 0.0622 e. The molecule has 7 aromatic carbocycles. The van der Waals surface area contributed by atoms with Crippen molar-refractivity contribution in [3.8, 4) is 44.5 Å². The zero-order chi connectivity index (χ0) is 27.6. The summed E-state index contributed by atoms with van der Waals surface area (Å²) in [6, 6.07) is 56.2. The third kappa shape index (κ3) is 3.49. The van der Waals surface area contributed by atoms with Gasteiger partial charge in [0.05, 0.1) is 0 Å². The maximum absolute atomic E-state index is 2.46. The SMILES string of the molecule is c1ccc(-c2ccc(-c3cc(C4c5ccccc5-c5c4ccc4c5Cc5ccccc5-4)cc4ccccc34)cc2)cc1. The highest BCUT2D eigenvalue weighted by Crippen LogP contribution is 2.54. The van der Waals surface area contributed by atoms with E-state index < -0.39 is 0 Å². The Morgan fingerprint density at radius 2 is 1.12 bits per heavy atom. The predicted molar refractivity (Wildman–Crippen MR) is 176 cm³/mol. The summed E-state index contributed by atoms with van der Waals surface area (Å²) in [5.74, 6) is 0.206. The van der Waals surface area contributed by atoms with Crippen LogP contribution in [0.2, 0.25) is 0 Å². The zero-order valence-corrected chi connectivity index (χ0v) is 23.2. The molecule has 0 spiro atoms. The first kappa shape index (κ1) is 23.5. The third-order valence-corrected chi connectivity index (χ3v) is 9.39. The molecule has 0 N–H and O–H groups in total. The maximum Gasteiger partial charge on any atom is 0.0352 e. The van der Waals surface area contributed by atoms with Crippen molar-refractivity contribution < 1.29 is 0 Å². The number of hydrogen-bond acceptors (Lipinski definition) is 0. The summed E-state index contributed by atoms with van der Waals surface area (Å²) >= 11 is 0. The summed E-state index contributed by atoms with van der Waals surface area (Å²) in [6.45, 7) is 0. The first-order valence-corrected chi connectivity index (χ1v) is 14.9. The fourth-order valence-electron chi connectivity index (χ4n) is 7.50. The summed E-state index contributed by atoms with van der Waals surface area (Å²) < 4.78 is 0. The van der Waals surface area contributed by atoms with Gasteiger partial charge >= 0.3 is 0 Å². The highest BCUT2D eigenvalue weighted by atomic mass is 14.4. The second-order valence-electron chi connectivity index (χ2n) is 11.6. The molecule has 0 aromatic heterocycles. The fraction of sp³-hybridized carbons (Fsp3) is 0.0476. The van der Waals surface area contributed by atoms with E-state index in [0.29, 0.717) is 0 Å². The molecule has 1 atom stereocenters. The third-order valence-electron chi connectivity index (χ3n) is 9.39. The smallest absolute Gasteiger partial charge is 0.0352 e. The Labute approximate surface area is 246 Å². The van der Waals surface area contributed by atoms with Crippen LogP contribution in [0, 0.1) is 0 Å². The van der Waals surface area contributed by atoms with Gasteiger partial charge in [0, 0.05) is 5.92 Å². The molecule has 0 aliphatic heterocycles. The molecule has 196 valence electrons. The normalized spacial score (nSPS) is 14.3. The van der Waals surface area contributed by atoms with Crippen LogP contribution in [0.15, 0.2) is 152 Å². The topological polar surface area (TPSA) is 0 Å². The van der Waals surface area contributed by atoms with Gasteiger partial charge in [-0.2, -0.15) is 0 Å². The Hall–Kier alpha value is -5.20. The molecule has 1 unspecified atom stereocenters. The first-order chi connectivity index (χ1) is 20.8. The summed E-state index contributed by atoms with van der Waals surface area (Å²) in [6.07, 6.45) is 1.01. The van der Waals surface area contributed by atoms with Gasteiger partial charge in [0.25, 0.3) is 0 Å². The summed E-state index contributed by atoms with van der Waals surface area (Å²) in [5.41, 5.74) is 17.8. The van der Waals surface area contributed by atoms with Crippen LogP contribution >= 0.6 is 0 Å². The summed E-state index contributed by atoms with van der Waals surface area (Å²) in [4.78, 5) is 0. The molecule has 0 heterocycles. The Kier molecular flexibility index (Phi) is 5.12. The van der Waals surface area contributed by atoms with Crippen LogP contribution in [0.3, 0.4) is 0 Å². The van der Waals surface area contributed by atoms with E-state index >= 15 is 0 Å². The molecule has 0 fully saturated rings. The van der Waals surface area contributed by atoms with Gasteiger partial charge in [-0.15, -0.1) is 0 Å². The molecule has 0 bridgehead atoms. The van der Waals surface area contributed by atoms with Gasteiger partial charge in [-0.25, -0.2) is 0 Å². The molecule has 0 heteroatoms. The van der Waals surface area contributed by atoms with Crippen LogP contribution in [0.1, 0.15) is 33.7 Å². The standard InChI is InChI=1S/C42H28/c1-2-10-27(11-3-1)28-18-20-29(21-19-28)39-26-32(24-30-12-4-7-15-34(30)39)41-36-16-8-9-17-37(36)42-38(41)23-22-35-33-14-6-5-13-31(33)25-40(35)42/h1-24,26,41H,25H2. The molecule has 9 rings (SSSR count). The minimum absolute atomic E-state index is 0.206.